The Morgan fingerprint density at radius 3 is 0.940 bits per heavy atom. The van der Waals surface area contributed by atoms with E-state index in [-0.39, 0.29) is 0 Å². The van der Waals surface area contributed by atoms with Crippen LogP contribution in [-0.2, 0) is 0 Å². The minimum Gasteiger partial charge on any atom is -0.309 e. The number of nitrogens with zero attached hydrogens (tertiary/aromatic N) is 8. The van der Waals surface area contributed by atoms with Gasteiger partial charge in [0, 0.05) is 107 Å². The number of hydrogen-bond donors (Lipinski definition) is 0. The fraction of sp³-hybridized carbons (Fsp3) is 0. The summed E-state index contributed by atoms with van der Waals surface area (Å²) in [6, 6.07) is 117. The second kappa shape index (κ2) is 23.5. The molecule has 0 radical (unpaired) electrons. The molecule has 10 heteroatoms. The summed E-state index contributed by atoms with van der Waals surface area (Å²) in [4.78, 5) is 30.6. The Morgan fingerprint density at radius 1 is 0.170 bits per heavy atom. The molecule has 0 spiro atoms. The predicted molar refractivity (Wildman–Crippen MR) is 417 cm³/mol. The first-order chi connectivity index (χ1) is 49.5. The number of hydrogen-bond acceptors (Lipinski definition) is 8. The molecule has 20 rings (SSSR count). The predicted octanol–water partition coefficient (Wildman–Crippen LogP) is 24.0. The molecule has 0 atom stereocenters. The molecule has 0 aliphatic rings. The van der Waals surface area contributed by atoms with Crippen LogP contribution in [0.5, 0.6) is 0 Å². The molecule has 0 bridgehead atoms. The maximum atomic E-state index is 5.26. The molecule has 14 aromatic carbocycles. The molecule has 0 fully saturated rings. The highest BCUT2D eigenvalue weighted by molar-refractivity contribution is 7.26. The van der Waals surface area contributed by atoms with Crippen LogP contribution in [0.3, 0.4) is 0 Å². The molecule has 0 unspecified atom stereocenters. The minimum absolute atomic E-state index is 0.613. The first-order valence-electron chi connectivity index (χ1n) is 33.5. The van der Waals surface area contributed by atoms with E-state index in [9.17, 15) is 0 Å². The van der Waals surface area contributed by atoms with Gasteiger partial charge in [-0.25, -0.2) is 29.9 Å². The molecule has 8 nitrogen and oxygen atoms in total. The molecule has 0 aliphatic carbocycles. The Hall–Kier alpha value is -12.9. The highest BCUT2D eigenvalue weighted by Crippen LogP contribution is 2.44. The van der Waals surface area contributed by atoms with Crippen LogP contribution in [-0.4, -0.2) is 39.0 Å². The molecule has 100 heavy (non-hydrogen) atoms. The molecule has 20 aromatic rings. The third kappa shape index (κ3) is 9.87. The number of aromatic nitrogens is 8. The van der Waals surface area contributed by atoms with Crippen molar-refractivity contribution >= 4 is 107 Å². The van der Waals surface area contributed by atoms with Gasteiger partial charge in [0.1, 0.15) is 0 Å². The van der Waals surface area contributed by atoms with Crippen molar-refractivity contribution in [1.82, 2.24) is 39.0 Å². The summed E-state index contributed by atoms with van der Waals surface area (Å²) in [5.74, 6) is 3.81. The fourth-order valence-corrected chi connectivity index (χ4v) is 16.8. The maximum Gasteiger partial charge on any atom is 0.164 e. The van der Waals surface area contributed by atoms with Crippen LogP contribution in [0.4, 0.5) is 0 Å². The Labute approximate surface area is 582 Å². The maximum absolute atomic E-state index is 5.26. The van der Waals surface area contributed by atoms with Crippen molar-refractivity contribution in [1.29, 1.82) is 0 Å². The van der Waals surface area contributed by atoms with E-state index in [4.69, 9.17) is 29.9 Å². The van der Waals surface area contributed by atoms with Crippen molar-refractivity contribution in [2.45, 2.75) is 0 Å². The smallest absolute Gasteiger partial charge is 0.164 e. The number of rotatable bonds is 11. The number of thiophene rings is 2. The van der Waals surface area contributed by atoms with Crippen LogP contribution < -0.4 is 0 Å². The topological polar surface area (TPSA) is 87.2 Å². The van der Waals surface area contributed by atoms with Gasteiger partial charge in [0.25, 0.3) is 0 Å². The molecule has 0 saturated heterocycles. The quantitative estimate of drug-likeness (QED) is 0.128. The summed E-state index contributed by atoms with van der Waals surface area (Å²) in [6.45, 7) is 0. The lowest BCUT2D eigenvalue weighted by Crippen LogP contribution is -2.00. The Morgan fingerprint density at radius 2 is 0.470 bits per heavy atom. The second-order valence-corrected chi connectivity index (χ2v) is 27.6. The standard InChI is InChI=1S/C90H54N8S2/c1-6-18-56(19-7-1)85-91-86(57-20-8-2-9-21-57)94-89(93-85)65-36-43-72-75-49-61(39-46-81(75)99-83(72)53-65)60-38-45-78-74(48-60)71-42-34-63(51-80(71)98(78)68-26-14-5-15-27-68)55-30-32-59(33-31-55)88-92-87(58-22-10-3-11-23-58)95-90(96-88)66-37-44-73-76-50-62(40-47-82(76)100-84(73)54-66)64-35-41-70-69-28-16-17-29-77(69)97(79(70)52-64)67-24-12-4-13-25-67/h1-54H. The summed E-state index contributed by atoms with van der Waals surface area (Å²) in [7, 11) is 0. The lowest BCUT2D eigenvalue weighted by atomic mass is 9.99. The first-order valence-corrected chi connectivity index (χ1v) is 35.1. The summed E-state index contributed by atoms with van der Waals surface area (Å²) < 4.78 is 9.60. The minimum atomic E-state index is 0.613. The van der Waals surface area contributed by atoms with Gasteiger partial charge in [0.05, 0.1) is 22.1 Å². The van der Waals surface area contributed by atoms with Gasteiger partial charge in [-0.1, -0.05) is 237 Å². The summed E-state index contributed by atoms with van der Waals surface area (Å²) in [6.07, 6.45) is 0. The van der Waals surface area contributed by atoms with Crippen LogP contribution in [0.2, 0.25) is 0 Å². The lowest BCUT2D eigenvalue weighted by Gasteiger charge is -2.10. The molecule has 0 amide bonds. The van der Waals surface area contributed by atoms with Gasteiger partial charge in [-0.3, -0.25) is 0 Å². The van der Waals surface area contributed by atoms with Gasteiger partial charge >= 0.3 is 0 Å². The van der Waals surface area contributed by atoms with E-state index in [2.05, 4.69) is 258 Å². The first kappa shape index (κ1) is 57.4. The molecular formula is C90H54N8S2. The molecular weight excluding hydrogens is 1260 g/mol. The molecule has 6 aromatic heterocycles. The summed E-state index contributed by atoms with van der Waals surface area (Å²) in [5, 5.41) is 9.72. The largest absolute Gasteiger partial charge is 0.309 e. The SMILES string of the molecule is c1ccc(-c2nc(-c3ccccc3)nc(-c3ccc4c(c3)sc3ccc(-c5ccc6c(c5)c5ccc(-c7ccc(-c8nc(-c9ccccc9)nc(-c9ccc%10c(c9)sc9ccc(-c%11ccc%12c%13ccccc%13n(-c%13ccccc%13)c%12c%11)cc9%10)n8)cc7)cc5n6-c5ccccc5)cc34)n2)cc1. The Bertz CT molecular complexity index is 6560. The van der Waals surface area contributed by atoms with E-state index in [0.717, 1.165) is 78.0 Å². The zero-order valence-corrected chi connectivity index (χ0v) is 55.2. The van der Waals surface area contributed by atoms with E-state index >= 15 is 0 Å². The van der Waals surface area contributed by atoms with E-state index in [0.29, 0.717) is 34.9 Å². The van der Waals surface area contributed by atoms with E-state index in [1.54, 1.807) is 22.7 Å². The Balaban J connectivity index is 0.621. The van der Waals surface area contributed by atoms with Gasteiger partial charge in [0.15, 0.2) is 34.9 Å². The van der Waals surface area contributed by atoms with Crippen LogP contribution in [0.15, 0.2) is 328 Å². The van der Waals surface area contributed by atoms with Crippen molar-refractivity contribution < 1.29 is 0 Å². The van der Waals surface area contributed by atoms with E-state index < -0.39 is 0 Å². The summed E-state index contributed by atoms with van der Waals surface area (Å²) >= 11 is 3.60. The number of benzene rings is 14. The number of fused-ring (bicyclic) bond motifs is 12. The van der Waals surface area contributed by atoms with Crippen LogP contribution in [0.25, 0.3) is 197 Å². The highest BCUT2D eigenvalue weighted by atomic mass is 32.1. The average Bonchev–Trinajstić information content (AvgIpc) is 1.59. The zero-order chi connectivity index (χ0) is 65.8. The monoisotopic (exact) mass is 1310 g/mol. The van der Waals surface area contributed by atoms with E-state index in [1.807, 2.05) is 78.9 Å². The zero-order valence-electron chi connectivity index (χ0n) is 53.6. The van der Waals surface area contributed by atoms with Crippen LogP contribution in [0.1, 0.15) is 0 Å². The molecule has 0 aliphatic heterocycles. The molecule has 466 valence electrons. The summed E-state index contributed by atoms with van der Waals surface area (Å²) in [5.41, 5.74) is 19.4. The normalized spacial score (nSPS) is 11.8. The van der Waals surface area contributed by atoms with E-state index in [1.165, 1.54) is 84.0 Å². The Kier molecular flexibility index (Phi) is 13.5. The molecule has 0 saturated carbocycles. The van der Waals surface area contributed by atoms with Gasteiger partial charge in [0.2, 0.25) is 0 Å². The highest BCUT2D eigenvalue weighted by Gasteiger charge is 2.21. The van der Waals surface area contributed by atoms with Crippen LogP contribution in [0, 0.1) is 0 Å². The van der Waals surface area contributed by atoms with Crippen molar-refractivity contribution in [3.63, 3.8) is 0 Å². The average molecular weight is 1310 g/mol. The van der Waals surface area contributed by atoms with Crippen molar-refractivity contribution in [2.24, 2.45) is 0 Å². The van der Waals surface area contributed by atoms with Crippen molar-refractivity contribution in [3.8, 4) is 113 Å². The van der Waals surface area contributed by atoms with Crippen LogP contribution >= 0.6 is 22.7 Å². The molecule has 0 N–H and O–H groups in total. The third-order valence-electron chi connectivity index (χ3n) is 19.4. The fourth-order valence-electron chi connectivity index (χ4n) is 14.5. The van der Waals surface area contributed by atoms with Gasteiger partial charge in [-0.15, -0.1) is 22.7 Å². The number of para-hydroxylation sites is 3. The van der Waals surface area contributed by atoms with Crippen molar-refractivity contribution in [2.75, 3.05) is 0 Å². The van der Waals surface area contributed by atoms with Gasteiger partial charge < -0.3 is 9.13 Å². The van der Waals surface area contributed by atoms with Gasteiger partial charge in [-0.2, -0.15) is 0 Å². The lowest BCUT2D eigenvalue weighted by molar-refractivity contribution is 1.07. The third-order valence-corrected chi connectivity index (χ3v) is 21.7. The van der Waals surface area contributed by atoms with Gasteiger partial charge in [-0.05, 0) is 124 Å². The second-order valence-electron chi connectivity index (χ2n) is 25.4. The van der Waals surface area contributed by atoms with Crippen molar-refractivity contribution in [3.05, 3.63) is 328 Å². The molecule has 6 heterocycles.